The molecule has 2 aromatic rings. The Labute approximate surface area is 168 Å². The van der Waals surface area contributed by atoms with Gasteiger partial charge in [0.2, 0.25) is 0 Å². The molecule has 2 heterocycles. The molecule has 2 N–H and O–H groups in total. The molecule has 1 aliphatic rings. The molecule has 1 saturated heterocycles. The molecule has 0 aliphatic carbocycles. The summed E-state index contributed by atoms with van der Waals surface area (Å²) in [4.78, 5) is 30.7. The molecule has 10 heteroatoms. The summed E-state index contributed by atoms with van der Waals surface area (Å²) in [5.41, 5.74) is 0.591. The van der Waals surface area contributed by atoms with Crippen LogP contribution in [0.3, 0.4) is 0 Å². The molecule has 1 fully saturated rings. The van der Waals surface area contributed by atoms with Gasteiger partial charge in [-0.1, -0.05) is 6.07 Å². The average molecular weight is 423 g/mol. The topological polar surface area (TPSA) is 103 Å². The van der Waals surface area contributed by atoms with E-state index in [0.29, 0.717) is 23.7 Å². The molecule has 8 nitrogen and oxygen atoms in total. The Kier molecular flexibility index (Phi) is 5.99. The van der Waals surface area contributed by atoms with Gasteiger partial charge in [-0.3, -0.25) is 14.3 Å². The summed E-state index contributed by atoms with van der Waals surface area (Å²) >= 11 is 1.01. The Bertz CT molecular complexity index is 979. The number of aromatic nitrogens is 1. The number of hydrogen-bond donors (Lipinski definition) is 2. The Hall–Kier alpha value is -2.46. The summed E-state index contributed by atoms with van der Waals surface area (Å²) in [6.45, 7) is 1.38. The van der Waals surface area contributed by atoms with Crippen molar-refractivity contribution >= 4 is 38.6 Å². The predicted molar refractivity (Wildman–Crippen MR) is 108 cm³/mol. The fraction of sp³-hybridized carbons (Fsp3) is 0.333. The van der Waals surface area contributed by atoms with Gasteiger partial charge in [0.15, 0.2) is 0 Å². The van der Waals surface area contributed by atoms with E-state index in [1.807, 2.05) is 0 Å². The van der Waals surface area contributed by atoms with Crippen molar-refractivity contribution in [2.24, 2.45) is 0 Å². The van der Waals surface area contributed by atoms with Crippen LogP contribution in [0.2, 0.25) is 0 Å². The van der Waals surface area contributed by atoms with Crippen molar-refractivity contribution in [1.29, 1.82) is 0 Å². The van der Waals surface area contributed by atoms with Gasteiger partial charge < -0.3 is 14.8 Å². The molecule has 0 saturated carbocycles. The van der Waals surface area contributed by atoms with Gasteiger partial charge in [-0.05, 0) is 48.9 Å². The number of sulfonamides is 1. The molecular weight excluding hydrogens is 400 g/mol. The SMILES string of the molecule is CN(C)C(=O)Sc1cccc(NS(=O)(=O)c2c[nH]c(C(=O)N3CCCC3)c2)c1. The number of carbonyl (C=O) groups is 2. The molecule has 150 valence electrons. The van der Waals surface area contributed by atoms with E-state index in [2.05, 4.69) is 9.71 Å². The van der Waals surface area contributed by atoms with Crippen LogP contribution < -0.4 is 4.72 Å². The predicted octanol–water partition coefficient (Wildman–Crippen LogP) is 2.83. The number of nitrogens with zero attached hydrogens (tertiary/aromatic N) is 2. The zero-order valence-electron chi connectivity index (χ0n) is 15.6. The molecule has 1 aromatic carbocycles. The number of hydrogen-bond acceptors (Lipinski definition) is 5. The summed E-state index contributed by atoms with van der Waals surface area (Å²) in [6.07, 6.45) is 3.23. The fourth-order valence-corrected chi connectivity index (χ4v) is 4.53. The molecule has 0 unspecified atom stereocenters. The number of likely N-dealkylation sites (tertiary alicyclic amines) is 1. The monoisotopic (exact) mass is 422 g/mol. The molecule has 0 spiro atoms. The second-order valence-corrected chi connectivity index (χ2v) is 9.35. The summed E-state index contributed by atoms with van der Waals surface area (Å²) in [7, 11) is -0.572. The second kappa shape index (κ2) is 8.27. The van der Waals surface area contributed by atoms with Gasteiger partial charge in [0.1, 0.15) is 10.6 Å². The zero-order valence-corrected chi connectivity index (χ0v) is 17.3. The van der Waals surface area contributed by atoms with E-state index in [-0.39, 0.29) is 21.7 Å². The highest BCUT2D eigenvalue weighted by Gasteiger charge is 2.23. The lowest BCUT2D eigenvalue weighted by molar-refractivity contribution is 0.0787. The molecule has 1 aliphatic heterocycles. The average Bonchev–Trinajstić information content (AvgIpc) is 3.33. The molecule has 28 heavy (non-hydrogen) atoms. The van der Waals surface area contributed by atoms with Crippen molar-refractivity contribution in [1.82, 2.24) is 14.8 Å². The first-order valence-electron chi connectivity index (χ1n) is 8.76. The summed E-state index contributed by atoms with van der Waals surface area (Å²) in [5.74, 6) is -0.195. The molecular formula is C18H22N4O4S2. The first-order valence-corrected chi connectivity index (χ1v) is 11.1. The largest absolute Gasteiger partial charge is 0.356 e. The lowest BCUT2D eigenvalue weighted by atomic mass is 10.3. The van der Waals surface area contributed by atoms with Crippen molar-refractivity contribution in [3.63, 3.8) is 0 Å². The number of nitrogens with one attached hydrogen (secondary N) is 2. The maximum atomic E-state index is 12.7. The van der Waals surface area contributed by atoms with Crippen molar-refractivity contribution in [3.8, 4) is 0 Å². The third-order valence-electron chi connectivity index (χ3n) is 4.25. The van der Waals surface area contributed by atoms with Gasteiger partial charge >= 0.3 is 0 Å². The highest BCUT2D eigenvalue weighted by Crippen LogP contribution is 2.25. The fourth-order valence-electron chi connectivity index (χ4n) is 2.77. The highest BCUT2D eigenvalue weighted by atomic mass is 32.2. The van der Waals surface area contributed by atoms with Crippen LogP contribution in [0.4, 0.5) is 10.5 Å². The second-order valence-electron chi connectivity index (χ2n) is 6.64. The van der Waals surface area contributed by atoms with Crippen molar-refractivity contribution in [3.05, 3.63) is 42.2 Å². The van der Waals surface area contributed by atoms with Crippen molar-refractivity contribution < 1.29 is 18.0 Å². The van der Waals surface area contributed by atoms with E-state index in [4.69, 9.17) is 0 Å². The van der Waals surface area contributed by atoms with Crippen LogP contribution in [0, 0.1) is 0 Å². The van der Waals surface area contributed by atoms with E-state index in [1.54, 1.807) is 43.3 Å². The van der Waals surface area contributed by atoms with Crippen LogP contribution in [0.15, 0.2) is 46.3 Å². The van der Waals surface area contributed by atoms with E-state index in [1.165, 1.54) is 17.2 Å². The van der Waals surface area contributed by atoms with Crippen LogP contribution in [0.25, 0.3) is 0 Å². The Morgan fingerprint density at radius 1 is 1.18 bits per heavy atom. The third kappa shape index (κ3) is 4.68. The van der Waals surface area contributed by atoms with Crippen LogP contribution >= 0.6 is 11.8 Å². The van der Waals surface area contributed by atoms with Gasteiger partial charge in [0.05, 0.1) is 0 Å². The van der Waals surface area contributed by atoms with Gasteiger partial charge in [0.25, 0.3) is 21.2 Å². The number of rotatable bonds is 5. The molecule has 0 bridgehead atoms. The Morgan fingerprint density at radius 2 is 1.89 bits per heavy atom. The number of carbonyl (C=O) groups excluding carboxylic acids is 2. The van der Waals surface area contributed by atoms with E-state index in [9.17, 15) is 18.0 Å². The minimum atomic E-state index is -3.87. The van der Waals surface area contributed by atoms with Crippen molar-refractivity contribution in [2.45, 2.75) is 22.6 Å². The van der Waals surface area contributed by atoms with Gasteiger partial charge in [0, 0.05) is 44.0 Å². The van der Waals surface area contributed by atoms with E-state index in [0.717, 1.165) is 24.6 Å². The minimum Gasteiger partial charge on any atom is -0.356 e. The zero-order chi connectivity index (χ0) is 20.3. The Balaban J connectivity index is 1.73. The molecule has 0 radical (unpaired) electrons. The van der Waals surface area contributed by atoms with Crippen LogP contribution in [0.5, 0.6) is 0 Å². The number of anilines is 1. The Morgan fingerprint density at radius 3 is 2.57 bits per heavy atom. The van der Waals surface area contributed by atoms with Crippen LogP contribution in [-0.2, 0) is 10.0 Å². The molecule has 1 aromatic heterocycles. The van der Waals surface area contributed by atoms with Crippen LogP contribution in [-0.4, -0.2) is 61.5 Å². The number of amides is 2. The van der Waals surface area contributed by atoms with Crippen molar-refractivity contribution in [2.75, 3.05) is 31.9 Å². The highest BCUT2D eigenvalue weighted by molar-refractivity contribution is 8.13. The lowest BCUT2D eigenvalue weighted by Gasteiger charge is -2.13. The van der Waals surface area contributed by atoms with E-state index < -0.39 is 10.0 Å². The van der Waals surface area contributed by atoms with Gasteiger partial charge in [-0.2, -0.15) is 0 Å². The van der Waals surface area contributed by atoms with Gasteiger partial charge in [-0.25, -0.2) is 8.42 Å². The molecule has 2 amide bonds. The molecule has 3 rings (SSSR count). The first-order chi connectivity index (χ1) is 13.3. The minimum absolute atomic E-state index is 0.0162. The standard InChI is InChI=1S/C18H22N4O4S2/c1-21(2)18(24)27-14-7-5-6-13(10-14)20-28(25,26)15-11-16(19-12-15)17(23)22-8-3-4-9-22/h5-7,10-12,19-20H,3-4,8-9H2,1-2H3. The smallest absolute Gasteiger partial charge is 0.285 e. The number of H-pyrrole nitrogens is 1. The summed E-state index contributed by atoms with van der Waals surface area (Å²) in [5, 5.41) is -0.157. The molecule has 0 atom stereocenters. The lowest BCUT2D eigenvalue weighted by Crippen LogP contribution is -2.27. The normalized spacial score (nSPS) is 14.1. The summed E-state index contributed by atoms with van der Waals surface area (Å²) in [6, 6.07) is 7.93. The quantitative estimate of drug-likeness (QED) is 0.722. The maximum Gasteiger partial charge on any atom is 0.285 e. The maximum absolute atomic E-state index is 12.7. The number of aromatic amines is 1. The van der Waals surface area contributed by atoms with Gasteiger partial charge in [-0.15, -0.1) is 0 Å². The number of benzene rings is 1. The first kappa shape index (κ1) is 20.3. The summed E-state index contributed by atoms with van der Waals surface area (Å²) < 4.78 is 27.8. The number of thioether (sulfide) groups is 1. The third-order valence-corrected chi connectivity index (χ3v) is 6.64. The van der Waals surface area contributed by atoms with E-state index >= 15 is 0 Å². The van der Waals surface area contributed by atoms with Crippen LogP contribution in [0.1, 0.15) is 23.3 Å².